The van der Waals surface area contributed by atoms with Gasteiger partial charge < -0.3 is 20.9 Å². The largest absolute Gasteiger partial charge is 0.388 e. The molecular weight excluding hydrogens is 381 g/mol. The normalized spacial score (nSPS) is 18.0. The number of hydrogen-bond donors (Lipinski definition) is 3. The molecule has 0 bridgehead atoms. The fraction of sp³-hybridized carbons (Fsp3) is 0.533. The van der Waals surface area contributed by atoms with Crippen molar-refractivity contribution >= 4 is 35.6 Å². The van der Waals surface area contributed by atoms with E-state index in [1.807, 2.05) is 26.0 Å². The smallest absolute Gasteiger partial charge is 0.193 e. The molecule has 0 spiro atoms. The Hall–Kier alpha value is -0.860. The van der Waals surface area contributed by atoms with E-state index in [0.717, 1.165) is 5.69 Å². The van der Waals surface area contributed by atoms with Gasteiger partial charge in [0, 0.05) is 31.7 Å². The Morgan fingerprint density at radius 1 is 1.29 bits per heavy atom. The van der Waals surface area contributed by atoms with Crippen LogP contribution in [-0.4, -0.2) is 36.4 Å². The van der Waals surface area contributed by atoms with Gasteiger partial charge in [0.1, 0.15) is 0 Å². The van der Waals surface area contributed by atoms with Gasteiger partial charge in [-0.2, -0.15) is 0 Å². The molecule has 0 unspecified atom stereocenters. The number of rotatable bonds is 3. The van der Waals surface area contributed by atoms with Crippen molar-refractivity contribution in [3.8, 4) is 0 Å². The van der Waals surface area contributed by atoms with Crippen LogP contribution in [0.3, 0.4) is 0 Å². The zero-order valence-corrected chi connectivity index (χ0v) is 14.9. The van der Waals surface area contributed by atoms with E-state index in [1.165, 1.54) is 11.1 Å². The van der Waals surface area contributed by atoms with Gasteiger partial charge >= 0.3 is 0 Å². The van der Waals surface area contributed by atoms with Crippen molar-refractivity contribution in [3.05, 3.63) is 29.3 Å². The molecule has 4 N–H and O–H groups in total. The molecule has 1 fully saturated rings. The summed E-state index contributed by atoms with van der Waals surface area (Å²) in [6.45, 7) is 5.54. The topological polar surface area (TPSA) is 79.9 Å². The molecular formula is C15H24IN3O2. The van der Waals surface area contributed by atoms with E-state index in [1.54, 1.807) is 0 Å². The van der Waals surface area contributed by atoms with Crippen molar-refractivity contribution in [1.82, 2.24) is 0 Å². The number of guanidine groups is 1. The zero-order chi connectivity index (χ0) is 14.6. The van der Waals surface area contributed by atoms with E-state index < -0.39 is 5.60 Å². The first kappa shape index (κ1) is 18.2. The van der Waals surface area contributed by atoms with Crippen molar-refractivity contribution in [2.75, 3.05) is 25.1 Å². The Balaban J connectivity index is 0.00000220. The molecule has 0 aromatic heterocycles. The van der Waals surface area contributed by atoms with Crippen molar-refractivity contribution in [2.24, 2.45) is 10.7 Å². The van der Waals surface area contributed by atoms with E-state index in [0.29, 0.717) is 38.6 Å². The first-order valence-corrected chi connectivity index (χ1v) is 6.92. The van der Waals surface area contributed by atoms with Gasteiger partial charge in [-0.3, -0.25) is 4.99 Å². The highest BCUT2D eigenvalue weighted by Gasteiger charge is 2.29. The molecule has 1 aromatic carbocycles. The molecule has 1 aliphatic heterocycles. The van der Waals surface area contributed by atoms with E-state index in [9.17, 15) is 5.11 Å². The Labute approximate surface area is 143 Å². The van der Waals surface area contributed by atoms with Crippen LogP contribution in [0.2, 0.25) is 0 Å². The maximum absolute atomic E-state index is 10.3. The average Bonchev–Trinajstić information content (AvgIpc) is 2.36. The van der Waals surface area contributed by atoms with Gasteiger partial charge in [-0.1, -0.05) is 6.07 Å². The summed E-state index contributed by atoms with van der Waals surface area (Å²) in [5.74, 6) is 0.329. The second-order valence-electron chi connectivity index (χ2n) is 5.54. The number of anilines is 1. The fourth-order valence-electron chi connectivity index (χ4n) is 2.38. The fourth-order valence-corrected chi connectivity index (χ4v) is 2.38. The minimum Gasteiger partial charge on any atom is -0.388 e. The Bertz CT molecular complexity index is 479. The Morgan fingerprint density at radius 2 is 1.86 bits per heavy atom. The highest BCUT2D eigenvalue weighted by molar-refractivity contribution is 14.0. The first-order chi connectivity index (χ1) is 9.47. The van der Waals surface area contributed by atoms with Crippen LogP contribution in [0.25, 0.3) is 0 Å². The highest BCUT2D eigenvalue weighted by atomic mass is 127. The first-order valence-electron chi connectivity index (χ1n) is 6.92. The summed E-state index contributed by atoms with van der Waals surface area (Å²) in [5, 5.41) is 13.4. The van der Waals surface area contributed by atoms with Crippen molar-refractivity contribution < 1.29 is 9.84 Å². The van der Waals surface area contributed by atoms with Crippen LogP contribution in [0.4, 0.5) is 5.69 Å². The van der Waals surface area contributed by atoms with E-state index in [2.05, 4.69) is 16.4 Å². The van der Waals surface area contributed by atoms with Gasteiger partial charge in [-0.05, 0) is 37.1 Å². The molecule has 118 valence electrons. The van der Waals surface area contributed by atoms with Crippen LogP contribution >= 0.6 is 24.0 Å². The number of nitrogens with two attached hydrogens (primary N) is 1. The van der Waals surface area contributed by atoms with Crippen LogP contribution in [0, 0.1) is 13.8 Å². The van der Waals surface area contributed by atoms with Crippen LogP contribution in [-0.2, 0) is 4.74 Å². The summed E-state index contributed by atoms with van der Waals surface area (Å²) >= 11 is 0. The summed E-state index contributed by atoms with van der Waals surface area (Å²) in [4.78, 5) is 4.25. The Kier molecular flexibility index (Phi) is 6.89. The van der Waals surface area contributed by atoms with E-state index in [4.69, 9.17) is 10.5 Å². The number of aliphatic hydroxyl groups is 1. The standard InChI is InChI=1S/C15H23N3O2.HI/c1-11-7-12(2)9-13(8-11)18-14(16)17-10-15(19)3-5-20-6-4-15;/h7-9,19H,3-6,10H2,1-2H3,(H3,16,17,18);1H. The number of benzene rings is 1. The highest BCUT2D eigenvalue weighted by Crippen LogP contribution is 2.20. The maximum Gasteiger partial charge on any atom is 0.193 e. The second-order valence-corrected chi connectivity index (χ2v) is 5.54. The van der Waals surface area contributed by atoms with Gasteiger partial charge in [0.15, 0.2) is 5.96 Å². The molecule has 0 radical (unpaired) electrons. The molecule has 21 heavy (non-hydrogen) atoms. The van der Waals surface area contributed by atoms with Crippen LogP contribution in [0.1, 0.15) is 24.0 Å². The number of halogens is 1. The molecule has 0 aliphatic carbocycles. The van der Waals surface area contributed by atoms with Crippen LogP contribution < -0.4 is 11.1 Å². The third kappa shape index (κ3) is 5.80. The Morgan fingerprint density at radius 3 is 2.43 bits per heavy atom. The lowest BCUT2D eigenvalue weighted by molar-refractivity contribution is -0.0565. The predicted octanol–water partition coefficient (Wildman–Crippen LogP) is 2.19. The summed E-state index contributed by atoms with van der Waals surface area (Å²) in [6.07, 6.45) is 1.21. The molecule has 0 saturated carbocycles. The summed E-state index contributed by atoms with van der Waals surface area (Å²) in [7, 11) is 0. The third-order valence-electron chi connectivity index (χ3n) is 3.46. The van der Waals surface area contributed by atoms with Gasteiger partial charge in [-0.25, -0.2) is 0 Å². The minimum atomic E-state index is -0.785. The molecule has 1 aromatic rings. The minimum absolute atomic E-state index is 0. The van der Waals surface area contributed by atoms with Crippen LogP contribution in [0.5, 0.6) is 0 Å². The summed E-state index contributed by atoms with van der Waals surface area (Å²) in [6, 6.07) is 6.13. The summed E-state index contributed by atoms with van der Waals surface area (Å²) in [5.41, 5.74) is 8.35. The molecule has 6 heteroatoms. The lowest BCUT2D eigenvalue weighted by Gasteiger charge is -2.30. The van der Waals surface area contributed by atoms with Crippen molar-refractivity contribution in [1.29, 1.82) is 0 Å². The van der Waals surface area contributed by atoms with E-state index in [-0.39, 0.29) is 24.0 Å². The van der Waals surface area contributed by atoms with Gasteiger partial charge in [0.25, 0.3) is 0 Å². The average molecular weight is 405 g/mol. The van der Waals surface area contributed by atoms with Gasteiger partial charge in [-0.15, -0.1) is 24.0 Å². The molecule has 5 nitrogen and oxygen atoms in total. The number of nitrogens with one attached hydrogen (secondary N) is 1. The second kappa shape index (κ2) is 7.95. The molecule has 0 amide bonds. The molecule has 1 aliphatic rings. The number of ether oxygens (including phenoxy) is 1. The number of nitrogens with zero attached hydrogens (tertiary/aromatic N) is 1. The number of aryl methyl sites for hydroxylation is 2. The van der Waals surface area contributed by atoms with Gasteiger partial charge in [0.2, 0.25) is 0 Å². The predicted molar refractivity (Wildman–Crippen MR) is 96.4 cm³/mol. The molecule has 2 rings (SSSR count). The molecule has 0 atom stereocenters. The van der Waals surface area contributed by atoms with Crippen LogP contribution in [0.15, 0.2) is 23.2 Å². The lowest BCUT2D eigenvalue weighted by atomic mass is 9.95. The third-order valence-corrected chi connectivity index (χ3v) is 3.46. The lowest BCUT2D eigenvalue weighted by Crippen LogP contribution is -2.40. The number of aliphatic imine (C=N–C) groups is 1. The molecule has 1 saturated heterocycles. The van der Waals surface area contributed by atoms with Crippen molar-refractivity contribution in [2.45, 2.75) is 32.3 Å². The van der Waals surface area contributed by atoms with E-state index >= 15 is 0 Å². The SMILES string of the molecule is Cc1cc(C)cc(NC(N)=NCC2(O)CCOCC2)c1.I. The zero-order valence-electron chi connectivity index (χ0n) is 12.6. The maximum atomic E-state index is 10.3. The van der Waals surface area contributed by atoms with Gasteiger partial charge in [0.05, 0.1) is 12.1 Å². The quantitative estimate of drug-likeness (QED) is 0.409. The number of hydrogen-bond acceptors (Lipinski definition) is 3. The van der Waals surface area contributed by atoms with Crippen molar-refractivity contribution in [3.63, 3.8) is 0 Å². The molecule has 1 heterocycles. The summed E-state index contributed by atoms with van der Waals surface area (Å²) < 4.78 is 5.24. The monoisotopic (exact) mass is 405 g/mol.